The van der Waals surface area contributed by atoms with Crippen molar-refractivity contribution in [2.24, 2.45) is 0 Å². The molecule has 0 unspecified atom stereocenters. The van der Waals surface area contributed by atoms with Crippen LogP contribution in [0.3, 0.4) is 0 Å². The van der Waals surface area contributed by atoms with Gasteiger partial charge < -0.3 is 15.4 Å². The van der Waals surface area contributed by atoms with Crippen molar-refractivity contribution < 1.29 is 19.1 Å². The first-order valence-electron chi connectivity index (χ1n) is 7.33. The smallest absolute Gasteiger partial charge is 0.319 e. The van der Waals surface area contributed by atoms with Crippen molar-refractivity contribution in [3.63, 3.8) is 0 Å². The summed E-state index contributed by atoms with van der Waals surface area (Å²) in [4.78, 5) is 35.7. The van der Waals surface area contributed by atoms with Crippen LogP contribution in [-0.4, -0.2) is 42.2 Å². The van der Waals surface area contributed by atoms with Crippen molar-refractivity contribution in [2.75, 3.05) is 13.2 Å². The number of ether oxygens (including phenoxy) is 1. The lowest BCUT2D eigenvalue weighted by Gasteiger charge is -2.12. The van der Waals surface area contributed by atoms with Gasteiger partial charge in [0.15, 0.2) is 6.61 Å². The Kier molecular flexibility index (Phi) is 8.18. The summed E-state index contributed by atoms with van der Waals surface area (Å²) < 4.78 is 4.95. The van der Waals surface area contributed by atoms with Gasteiger partial charge in [-0.3, -0.25) is 14.4 Å². The number of thioether (sulfide) groups is 1. The highest BCUT2D eigenvalue weighted by atomic mass is 32.2. The maximum absolute atomic E-state index is 11.8. The minimum Gasteiger partial charge on any atom is -0.455 e. The van der Waals surface area contributed by atoms with Crippen LogP contribution in [0.15, 0.2) is 35.2 Å². The van der Waals surface area contributed by atoms with Crippen molar-refractivity contribution in [1.82, 2.24) is 10.6 Å². The molecule has 0 spiro atoms. The highest BCUT2D eigenvalue weighted by Gasteiger charge is 2.17. The second kappa shape index (κ2) is 9.89. The number of amides is 2. The van der Waals surface area contributed by atoms with Crippen molar-refractivity contribution in [2.45, 2.75) is 37.0 Å². The maximum Gasteiger partial charge on any atom is 0.319 e. The SMILES string of the molecule is CC(C)NC(=O)CNC(=O)COC(=O)[C@@H](C)Sc1ccccc1. The van der Waals surface area contributed by atoms with Crippen molar-refractivity contribution >= 4 is 29.5 Å². The van der Waals surface area contributed by atoms with Gasteiger partial charge in [-0.05, 0) is 32.9 Å². The fraction of sp³-hybridized carbons (Fsp3) is 0.438. The minimum atomic E-state index is -0.505. The first kappa shape index (κ1) is 19.0. The van der Waals surface area contributed by atoms with Crippen LogP contribution in [0.5, 0.6) is 0 Å². The zero-order chi connectivity index (χ0) is 17.2. The lowest BCUT2D eigenvalue weighted by molar-refractivity contribution is -0.147. The van der Waals surface area contributed by atoms with Gasteiger partial charge in [-0.1, -0.05) is 18.2 Å². The van der Waals surface area contributed by atoms with Gasteiger partial charge in [0.2, 0.25) is 5.91 Å². The van der Waals surface area contributed by atoms with Gasteiger partial charge in [0, 0.05) is 10.9 Å². The Morgan fingerprint density at radius 1 is 1.09 bits per heavy atom. The molecule has 2 amide bonds. The fourth-order valence-electron chi connectivity index (χ4n) is 1.61. The summed E-state index contributed by atoms with van der Waals surface area (Å²) >= 11 is 1.36. The van der Waals surface area contributed by atoms with Gasteiger partial charge in [0.1, 0.15) is 5.25 Å². The fourth-order valence-corrected chi connectivity index (χ4v) is 2.50. The molecule has 0 bridgehead atoms. The summed E-state index contributed by atoms with van der Waals surface area (Å²) in [5.41, 5.74) is 0. The number of nitrogens with one attached hydrogen (secondary N) is 2. The van der Waals surface area contributed by atoms with E-state index < -0.39 is 23.7 Å². The minimum absolute atomic E-state index is 0.00749. The lowest BCUT2D eigenvalue weighted by atomic mass is 10.4. The van der Waals surface area contributed by atoms with Crippen molar-refractivity contribution in [1.29, 1.82) is 0 Å². The predicted octanol–water partition coefficient (Wildman–Crippen LogP) is 1.35. The van der Waals surface area contributed by atoms with Gasteiger partial charge >= 0.3 is 5.97 Å². The number of benzene rings is 1. The standard InChI is InChI=1S/C16H22N2O4S/c1-11(2)18-14(19)9-17-15(20)10-22-16(21)12(3)23-13-7-5-4-6-8-13/h4-8,11-12H,9-10H2,1-3H3,(H,17,20)(H,18,19)/t12-/m1/s1. The summed E-state index contributed by atoms with van der Waals surface area (Å²) in [5, 5.41) is 4.62. The molecule has 0 aromatic heterocycles. The van der Waals surface area contributed by atoms with E-state index in [0.717, 1.165) is 4.90 Å². The zero-order valence-electron chi connectivity index (χ0n) is 13.5. The van der Waals surface area contributed by atoms with Crippen LogP contribution >= 0.6 is 11.8 Å². The highest BCUT2D eigenvalue weighted by Crippen LogP contribution is 2.23. The van der Waals surface area contributed by atoms with Crippen LogP contribution in [0.25, 0.3) is 0 Å². The number of hydrogen-bond acceptors (Lipinski definition) is 5. The Hall–Kier alpha value is -2.02. The molecular weight excluding hydrogens is 316 g/mol. The third kappa shape index (κ3) is 8.25. The molecule has 7 heteroatoms. The summed E-state index contributed by atoms with van der Waals surface area (Å²) in [6.07, 6.45) is 0. The molecule has 2 N–H and O–H groups in total. The molecule has 0 radical (unpaired) electrons. The van der Waals surface area contributed by atoms with Gasteiger partial charge in [0.25, 0.3) is 5.91 Å². The molecule has 0 saturated heterocycles. The molecule has 0 saturated carbocycles. The Morgan fingerprint density at radius 2 is 1.74 bits per heavy atom. The third-order valence-electron chi connectivity index (χ3n) is 2.63. The van der Waals surface area contributed by atoms with Crippen LogP contribution in [0, 0.1) is 0 Å². The molecule has 1 rings (SSSR count). The first-order chi connectivity index (χ1) is 10.9. The Labute approximate surface area is 140 Å². The molecule has 126 valence electrons. The number of carbonyl (C=O) groups excluding carboxylic acids is 3. The summed E-state index contributed by atoms with van der Waals surface area (Å²) in [5.74, 6) is -1.26. The second-order valence-corrected chi connectivity index (χ2v) is 6.59. The van der Waals surface area contributed by atoms with Crippen molar-refractivity contribution in [3.8, 4) is 0 Å². The van der Waals surface area contributed by atoms with Gasteiger partial charge in [-0.2, -0.15) is 0 Å². The molecule has 0 heterocycles. The lowest BCUT2D eigenvalue weighted by Crippen LogP contribution is -2.41. The number of hydrogen-bond donors (Lipinski definition) is 2. The topological polar surface area (TPSA) is 84.5 Å². The first-order valence-corrected chi connectivity index (χ1v) is 8.21. The molecule has 23 heavy (non-hydrogen) atoms. The van der Waals surface area contributed by atoms with Crippen LogP contribution in [0.1, 0.15) is 20.8 Å². The number of carbonyl (C=O) groups is 3. The Morgan fingerprint density at radius 3 is 2.35 bits per heavy atom. The van der Waals surface area contributed by atoms with E-state index in [1.807, 2.05) is 44.2 Å². The summed E-state index contributed by atoms with van der Waals surface area (Å²) in [7, 11) is 0. The molecule has 1 aromatic rings. The molecule has 1 aromatic carbocycles. The van der Waals surface area contributed by atoms with E-state index >= 15 is 0 Å². The Bertz CT molecular complexity index is 534. The zero-order valence-corrected chi connectivity index (χ0v) is 14.3. The second-order valence-electron chi connectivity index (χ2n) is 5.18. The van der Waals surface area contributed by atoms with Gasteiger partial charge in [0.05, 0.1) is 6.54 Å². The van der Waals surface area contributed by atoms with Crippen LogP contribution < -0.4 is 10.6 Å². The third-order valence-corrected chi connectivity index (χ3v) is 3.72. The van der Waals surface area contributed by atoms with E-state index in [1.165, 1.54) is 11.8 Å². The van der Waals surface area contributed by atoms with E-state index in [2.05, 4.69) is 10.6 Å². The summed E-state index contributed by atoms with van der Waals surface area (Å²) in [6, 6.07) is 9.47. The molecular formula is C16H22N2O4S. The van der Waals surface area contributed by atoms with Crippen molar-refractivity contribution in [3.05, 3.63) is 30.3 Å². The predicted molar refractivity (Wildman–Crippen MR) is 89.0 cm³/mol. The number of rotatable bonds is 8. The molecule has 6 nitrogen and oxygen atoms in total. The van der Waals surface area contributed by atoms with Crippen LogP contribution in [-0.2, 0) is 19.1 Å². The van der Waals surface area contributed by atoms with E-state index in [0.29, 0.717) is 0 Å². The molecule has 0 aliphatic rings. The van der Waals surface area contributed by atoms with E-state index in [9.17, 15) is 14.4 Å². The largest absolute Gasteiger partial charge is 0.455 e. The van der Waals surface area contributed by atoms with Gasteiger partial charge in [-0.25, -0.2) is 0 Å². The van der Waals surface area contributed by atoms with Crippen LogP contribution in [0.2, 0.25) is 0 Å². The Balaban J connectivity index is 2.26. The average Bonchev–Trinajstić information content (AvgIpc) is 2.50. The van der Waals surface area contributed by atoms with Gasteiger partial charge in [-0.15, -0.1) is 11.8 Å². The number of esters is 1. The molecule has 1 atom stereocenters. The molecule has 0 fully saturated rings. The quantitative estimate of drug-likeness (QED) is 0.552. The van der Waals surface area contributed by atoms with E-state index in [-0.39, 0.29) is 18.5 Å². The average molecular weight is 338 g/mol. The monoisotopic (exact) mass is 338 g/mol. The highest BCUT2D eigenvalue weighted by molar-refractivity contribution is 8.00. The van der Waals surface area contributed by atoms with E-state index in [1.54, 1.807) is 6.92 Å². The summed E-state index contributed by atoms with van der Waals surface area (Å²) in [6.45, 7) is 4.84. The van der Waals surface area contributed by atoms with E-state index in [4.69, 9.17) is 4.74 Å². The van der Waals surface area contributed by atoms with Crippen LogP contribution in [0.4, 0.5) is 0 Å². The molecule has 0 aliphatic carbocycles. The normalized spacial score (nSPS) is 11.7. The maximum atomic E-state index is 11.8. The molecule has 0 aliphatic heterocycles.